The van der Waals surface area contributed by atoms with Gasteiger partial charge in [-0.15, -0.1) is 0 Å². The van der Waals surface area contributed by atoms with Gasteiger partial charge >= 0.3 is 0 Å². The van der Waals surface area contributed by atoms with Gasteiger partial charge in [-0.25, -0.2) is 0 Å². The molecule has 1 aliphatic carbocycles. The first-order valence-electron chi connectivity index (χ1n) is 7.11. The summed E-state index contributed by atoms with van der Waals surface area (Å²) >= 11 is 9.37. The molecule has 116 valence electrons. The molecule has 1 fully saturated rings. The predicted molar refractivity (Wildman–Crippen MR) is 85.7 cm³/mol. The fourth-order valence-corrected chi connectivity index (χ4v) is 3.12. The first-order chi connectivity index (χ1) is 10.1. The Hall–Kier alpha value is -0.780. The molecule has 6 heteroatoms. The van der Waals surface area contributed by atoms with Gasteiger partial charge < -0.3 is 15.2 Å². The van der Waals surface area contributed by atoms with E-state index in [9.17, 15) is 9.90 Å². The van der Waals surface area contributed by atoms with E-state index < -0.39 is 6.10 Å². The van der Waals surface area contributed by atoms with Crippen molar-refractivity contribution in [3.63, 3.8) is 0 Å². The zero-order valence-electron chi connectivity index (χ0n) is 11.6. The molecule has 0 bridgehead atoms. The third-order valence-electron chi connectivity index (χ3n) is 3.53. The van der Waals surface area contributed by atoms with Crippen LogP contribution in [0.15, 0.2) is 22.7 Å². The van der Waals surface area contributed by atoms with Gasteiger partial charge in [0.05, 0.1) is 23.8 Å². The molecule has 1 aromatic carbocycles. The third-order valence-corrected chi connectivity index (χ3v) is 4.31. The maximum Gasteiger partial charge on any atom is 0.220 e. The van der Waals surface area contributed by atoms with Gasteiger partial charge in [0.15, 0.2) is 0 Å². The molecular formula is C15H19BrClNO3. The monoisotopic (exact) mass is 375 g/mol. The van der Waals surface area contributed by atoms with Gasteiger partial charge in [-0.1, -0.05) is 27.5 Å². The Morgan fingerprint density at radius 3 is 2.95 bits per heavy atom. The van der Waals surface area contributed by atoms with E-state index in [0.29, 0.717) is 30.2 Å². The molecule has 0 saturated heterocycles. The standard InChI is InChI=1S/C15H19BrClNO3/c16-10-6-7-14(11(17)9-10)21-8-2-5-15(20)18-12-3-1-4-13(12)19/h6-7,9,12-13,19H,1-5,8H2,(H,18,20). The lowest BCUT2D eigenvalue weighted by molar-refractivity contribution is -0.122. The van der Waals surface area contributed by atoms with Gasteiger partial charge in [-0.3, -0.25) is 4.79 Å². The number of benzene rings is 1. The van der Waals surface area contributed by atoms with Gasteiger partial charge in [0.1, 0.15) is 5.75 Å². The van der Waals surface area contributed by atoms with E-state index in [2.05, 4.69) is 21.2 Å². The molecule has 0 spiro atoms. The average Bonchev–Trinajstić information content (AvgIpc) is 2.82. The van der Waals surface area contributed by atoms with E-state index in [1.54, 1.807) is 12.1 Å². The maximum atomic E-state index is 11.8. The number of rotatable bonds is 6. The molecule has 1 saturated carbocycles. The van der Waals surface area contributed by atoms with Crippen molar-refractivity contribution in [2.75, 3.05) is 6.61 Å². The summed E-state index contributed by atoms with van der Waals surface area (Å²) < 4.78 is 6.45. The van der Waals surface area contributed by atoms with Crippen molar-refractivity contribution in [2.45, 2.75) is 44.2 Å². The lowest BCUT2D eigenvalue weighted by Crippen LogP contribution is -2.39. The largest absolute Gasteiger partial charge is 0.492 e. The van der Waals surface area contributed by atoms with Crippen LogP contribution in [0, 0.1) is 0 Å². The Morgan fingerprint density at radius 1 is 1.48 bits per heavy atom. The minimum atomic E-state index is -0.397. The number of carbonyl (C=O) groups excluding carboxylic acids is 1. The summed E-state index contributed by atoms with van der Waals surface area (Å²) in [6.07, 6.45) is 3.20. The fraction of sp³-hybridized carbons (Fsp3) is 0.533. The predicted octanol–water partition coefficient (Wildman–Crippen LogP) is 3.29. The van der Waals surface area contributed by atoms with E-state index in [1.165, 1.54) is 0 Å². The number of ether oxygens (including phenoxy) is 1. The van der Waals surface area contributed by atoms with E-state index in [-0.39, 0.29) is 11.9 Å². The van der Waals surface area contributed by atoms with E-state index >= 15 is 0 Å². The second-order valence-electron chi connectivity index (χ2n) is 5.20. The zero-order valence-corrected chi connectivity index (χ0v) is 14.0. The first kappa shape index (κ1) is 16.6. The lowest BCUT2D eigenvalue weighted by atomic mass is 10.2. The lowest BCUT2D eigenvalue weighted by Gasteiger charge is -2.16. The number of carbonyl (C=O) groups is 1. The van der Waals surface area contributed by atoms with Crippen molar-refractivity contribution in [3.8, 4) is 5.75 Å². The Balaban J connectivity index is 1.66. The van der Waals surface area contributed by atoms with Crippen molar-refractivity contribution in [1.29, 1.82) is 0 Å². The summed E-state index contributed by atoms with van der Waals surface area (Å²) in [4.78, 5) is 11.8. The molecule has 2 rings (SSSR count). The van der Waals surface area contributed by atoms with Crippen LogP contribution in [0.5, 0.6) is 5.75 Å². The smallest absolute Gasteiger partial charge is 0.220 e. The third kappa shape index (κ3) is 5.16. The number of hydrogen-bond acceptors (Lipinski definition) is 3. The number of aliphatic hydroxyl groups is 1. The summed E-state index contributed by atoms with van der Waals surface area (Å²) in [5.74, 6) is 0.581. The molecule has 2 unspecified atom stereocenters. The van der Waals surface area contributed by atoms with Crippen LogP contribution in [-0.4, -0.2) is 29.8 Å². The van der Waals surface area contributed by atoms with Crippen molar-refractivity contribution < 1.29 is 14.6 Å². The van der Waals surface area contributed by atoms with Crippen LogP contribution >= 0.6 is 27.5 Å². The summed E-state index contributed by atoms with van der Waals surface area (Å²) in [6, 6.07) is 5.33. The molecule has 1 aliphatic rings. The van der Waals surface area contributed by atoms with Gasteiger partial charge in [-0.2, -0.15) is 0 Å². The van der Waals surface area contributed by atoms with Crippen molar-refractivity contribution >= 4 is 33.4 Å². The van der Waals surface area contributed by atoms with Crippen LogP contribution in [0.4, 0.5) is 0 Å². The molecular weight excluding hydrogens is 358 g/mol. The molecule has 0 heterocycles. The number of nitrogens with one attached hydrogen (secondary N) is 1. The highest BCUT2D eigenvalue weighted by Gasteiger charge is 2.26. The molecule has 2 atom stereocenters. The number of halogens is 2. The molecule has 21 heavy (non-hydrogen) atoms. The first-order valence-corrected chi connectivity index (χ1v) is 8.28. The summed E-state index contributed by atoms with van der Waals surface area (Å²) in [7, 11) is 0. The minimum absolute atomic E-state index is 0.0357. The van der Waals surface area contributed by atoms with Crippen LogP contribution < -0.4 is 10.1 Å². The SMILES string of the molecule is O=C(CCCOc1ccc(Br)cc1Cl)NC1CCCC1O. The van der Waals surface area contributed by atoms with Gasteiger partial charge in [-0.05, 0) is 43.9 Å². The van der Waals surface area contributed by atoms with E-state index in [1.807, 2.05) is 6.07 Å². The highest BCUT2D eigenvalue weighted by atomic mass is 79.9. The molecule has 0 aliphatic heterocycles. The highest BCUT2D eigenvalue weighted by molar-refractivity contribution is 9.10. The summed E-state index contributed by atoms with van der Waals surface area (Å²) in [5.41, 5.74) is 0. The van der Waals surface area contributed by atoms with E-state index in [0.717, 1.165) is 23.7 Å². The maximum absolute atomic E-state index is 11.8. The van der Waals surface area contributed by atoms with Crippen LogP contribution in [0.1, 0.15) is 32.1 Å². The summed E-state index contributed by atoms with van der Waals surface area (Å²) in [6.45, 7) is 0.433. The molecule has 0 aromatic heterocycles. The topological polar surface area (TPSA) is 58.6 Å². The van der Waals surface area contributed by atoms with Crippen LogP contribution in [-0.2, 0) is 4.79 Å². The quantitative estimate of drug-likeness (QED) is 0.749. The second-order valence-corrected chi connectivity index (χ2v) is 6.52. The summed E-state index contributed by atoms with van der Waals surface area (Å²) in [5, 5.41) is 13.1. The van der Waals surface area contributed by atoms with Gasteiger partial charge in [0, 0.05) is 10.9 Å². The molecule has 2 N–H and O–H groups in total. The van der Waals surface area contributed by atoms with E-state index in [4.69, 9.17) is 16.3 Å². The normalized spacial score (nSPS) is 21.3. The molecule has 0 radical (unpaired) electrons. The molecule has 1 amide bonds. The van der Waals surface area contributed by atoms with Crippen molar-refractivity contribution in [2.24, 2.45) is 0 Å². The number of amides is 1. The highest BCUT2D eigenvalue weighted by Crippen LogP contribution is 2.27. The van der Waals surface area contributed by atoms with Gasteiger partial charge in [0.25, 0.3) is 0 Å². The number of aliphatic hydroxyl groups excluding tert-OH is 1. The average molecular weight is 377 g/mol. The minimum Gasteiger partial charge on any atom is -0.492 e. The Bertz CT molecular complexity index is 498. The molecule has 4 nitrogen and oxygen atoms in total. The van der Waals surface area contributed by atoms with Crippen molar-refractivity contribution in [3.05, 3.63) is 27.7 Å². The Kier molecular flexibility index (Phi) is 6.33. The van der Waals surface area contributed by atoms with Crippen molar-refractivity contribution in [1.82, 2.24) is 5.32 Å². The molecule has 1 aromatic rings. The van der Waals surface area contributed by atoms with Crippen LogP contribution in [0.2, 0.25) is 5.02 Å². The number of hydrogen-bond donors (Lipinski definition) is 2. The Morgan fingerprint density at radius 2 is 2.29 bits per heavy atom. The zero-order chi connectivity index (χ0) is 15.2. The van der Waals surface area contributed by atoms with Crippen LogP contribution in [0.3, 0.4) is 0 Å². The fourth-order valence-electron chi connectivity index (χ4n) is 2.39. The Labute approximate surface area is 138 Å². The second kappa shape index (κ2) is 8.01. The van der Waals surface area contributed by atoms with Gasteiger partial charge in [0.2, 0.25) is 5.91 Å². The van der Waals surface area contributed by atoms with Crippen LogP contribution in [0.25, 0.3) is 0 Å².